The van der Waals surface area contributed by atoms with Crippen LogP contribution in [0, 0.1) is 5.82 Å². The number of benzene rings is 2. The van der Waals surface area contributed by atoms with Crippen molar-refractivity contribution in [2.75, 3.05) is 6.61 Å². The maximum atomic E-state index is 13.9. The summed E-state index contributed by atoms with van der Waals surface area (Å²) in [4.78, 5) is 36.7. The third-order valence-electron chi connectivity index (χ3n) is 5.87. The SMILES string of the molecule is CC(=O)N(NCc1cccc(F)c1Cl)[C@H](CONC(=O)N1C=Cc2ccccc2C1)Cc1ccccn1. The first-order valence-electron chi connectivity index (χ1n) is 11.7. The lowest BCUT2D eigenvalue weighted by Gasteiger charge is -2.31. The van der Waals surface area contributed by atoms with Crippen molar-refractivity contribution >= 4 is 29.6 Å². The van der Waals surface area contributed by atoms with Crippen LogP contribution in [0.3, 0.4) is 0 Å². The van der Waals surface area contributed by atoms with E-state index in [2.05, 4.69) is 15.9 Å². The fraction of sp³-hybridized carbons (Fsp3) is 0.222. The molecule has 1 aliphatic rings. The molecule has 192 valence electrons. The number of pyridine rings is 1. The number of hydrazine groups is 1. The van der Waals surface area contributed by atoms with Crippen molar-refractivity contribution in [3.63, 3.8) is 0 Å². The van der Waals surface area contributed by atoms with Gasteiger partial charge in [0.05, 0.1) is 24.2 Å². The number of hydrogen-bond acceptors (Lipinski definition) is 5. The van der Waals surface area contributed by atoms with Crippen LogP contribution in [0.15, 0.2) is 73.1 Å². The summed E-state index contributed by atoms with van der Waals surface area (Å²) in [5, 5.41) is 1.37. The van der Waals surface area contributed by atoms with Crippen LogP contribution in [0.5, 0.6) is 0 Å². The first kappa shape index (κ1) is 26.3. The first-order valence-corrected chi connectivity index (χ1v) is 12.1. The van der Waals surface area contributed by atoms with Gasteiger partial charge in [0, 0.05) is 38.0 Å². The summed E-state index contributed by atoms with van der Waals surface area (Å²) in [6.45, 7) is 1.90. The van der Waals surface area contributed by atoms with Gasteiger partial charge in [-0.05, 0) is 41.0 Å². The van der Waals surface area contributed by atoms with Crippen molar-refractivity contribution in [2.45, 2.75) is 32.5 Å². The van der Waals surface area contributed by atoms with Crippen molar-refractivity contribution in [1.29, 1.82) is 0 Å². The summed E-state index contributed by atoms with van der Waals surface area (Å²) in [5.41, 5.74) is 8.80. The molecule has 0 spiro atoms. The molecule has 1 aliphatic heterocycles. The average Bonchev–Trinajstić information content (AvgIpc) is 2.91. The molecule has 2 aromatic carbocycles. The normalized spacial score (nSPS) is 13.1. The smallest absolute Gasteiger partial charge is 0.295 e. The van der Waals surface area contributed by atoms with E-state index in [9.17, 15) is 14.0 Å². The lowest BCUT2D eigenvalue weighted by Crippen LogP contribution is -2.52. The van der Waals surface area contributed by atoms with Crippen LogP contribution in [0.25, 0.3) is 6.08 Å². The van der Waals surface area contributed by atoms with Crippen LogP contribution < -0.4 is 10.9 Å². The summed E-state index contributed by atoms with van der Waals surface area (Å²) >= 11 is 6.08. The fourth-order valence-corrected chi connectivity index (χ4v) is 4.18. The number of halogens is 2. The highest BCUT2D eigenvalue weighted by molar-refractivity contribution is 6.31. The molecule has 0 fully saturated rings. The van der Waals surface area contributed by atoms with Gasteiger partial charge < -0.3 is 0 Å². The van der Waals surface area contributed by atoms with Gasteiger partial charge in [-0.15, -0.1) is 0 Å². The van der Waals surface area contributed by atoms with E-state index < -0.39 is 17.9 Å². The Bertz CT molecular complexity index is 1270. The highest BCUT2D eigenvalue weighted by Crippen LogP contribution is 2.20. The summed E-state index contributed by atoms with van der Waals surface area (Å²) < 4.78 is 13.9. The van der Waals surface area contributed by atoms with E-state index in [-0.39, 0.29) is 24.1 Å². The second kappa shape index (κ2) is 12.4. The molecule has 0 saturated carbocycles. The van der Waals surface area contributed by atoms with Gasteiger partial charge in [-0.3, -0.25) is 24.5 Å². The van der Waals surface area contributed by atoms with E-state index in [4.69, 9.17) is 16.4 Å². The van der Waals surface area contributed by atoms with Crippen LogP contribution in [0.1, 0.15) is 29.3 Å². The second-order valence-electron chi connectivity index (χ2n) is 8.48. The monoisotopic (exact) mass is 523 g/mol. The van der Waals surface area contributed by atoms with Crippen LogP contribution in [0.2, 0.25) is 5.02 Å². The van der Waals surface area contributed by atoms with Crippen LogP contribution in [-0.2, 0) is 29.1 Å². The topological polar surface area (TPSA) is 86.8 Å². The minimum absolute atomic E-state index is 0.0144. The van der Waals surface area contributed by atoms with Gasteiger partial charge in [-0.2, -0.15) is 0 Å². The van der Waals surface area contributed by atoms with Crippen LogP contribution in [0.4, 0.5) is 9.18 Å². The van der Waals surface area contributed by atoms with Crippen LogP contribution >= 0.6 is 11.6 Å². The number of carbonyl (C=O) groups is 2. The molecule has 1 aromatic heterocycles. The highest BCUT2D eigenvalue weighted by atomic mass is 35.5. The quantitative estimate of drug-likeness (QED) is 0.404. The number of nitrogens with one attached hydrogen (secondary N) is 2. The highest BCUT2D eigenvalue weighted by Gasteiger charge is 2.24. The molecule has 2 heterocycles. The Morgan fingerprint density at radius 3 is 2.76 bits per heavy atom. The lowest BCUT2D eigenvalue weighted by molar-refractivity contribution is -0.137. The third kappa shape index (κ3) is 6.91. The number of fused-ring (bicyclic) bond motifs is 1. The van der Waals surface area contributed by atoms with Gasteiger partial charge in [0.15, 0.2) is 0 Å². The van der Waals surface area contributed by atoms with E-state index in [1.807, 2.05) is 42.5 Å². The van der Waals surface area contributed by atoms with Crippen molar-refractivity contribution in [1.82, 2.24) is 25.8 Å². The zero-order valence-corrected chi connectivity index (χ0v) is 21.0. The Labute approximate surface area is 219 Å². The van der Waals surface area contributed by atoms with E-state index in [0.29, 0.717) is 18.5 Å². The summed E-state index contributed by atoms with van der Waals surface area (Å²) in [6, 6.07) is 16.8. The van der Waals surface area contributed by atoms with Gasteiger partial charge >= 0.3 is 6.03 Å². The van der Waals surface area contributed by atoms with Gasteiger partial charge in [-0.25, -0.2) is 20.1 Å². The minimum atomic E-state index is -0.544. The largest absolute Gasteiger partial charge is 0.345 e. The zero-order valence-electron chi connectivity index (χ0n) is 20.2. The van der Waals surface area contributed by atoms with E-state index in [1.165, 1.54) is 22.9 Å². The van der Waals surface area contributed by atoms with Crippen molar-refractivity contribution in [3.8, 4) is 0 Å². The van der Waals surface area contributed by atoms with E-state index in [1.54, 1.807) is 30.6 Å². The molecular formula is C27H27ClFN5O3. The van der Waals surface area contributed by atoms with Crippen molar-refractivity contribution < 1.29 is 18.8 Å². The molecule has 1 atom stereocenters. The van der Waals surface area contributed by atoms with Gasteiger partial charge in [0.25, 0.3) is 0 Å². The summed E-state index contributed by atoms with van der Waals surface area (Å²) in [7, 11) is 0. The standard InChI is InChI=1S/C27H27ClFN5O3/c1-19(35)34(31-16-21-9-6-11-25(29)26(21)28)24(15-23-10-4-5-13-30-23)18-37-32-27(36)33-14-12-20-7-2-3-8-22(20)17-33/h2-14,24,31H,15-18H2,1H3,(H,32,36)/t24-/m0/s1. The Hall–Kier alpha value is -3.79. The molecule has 0 saturated heterocycles. The van der Waals surface area contributed by atoms with Gasteiger partial charge in [0.2, 0.25) is 5.91 Å². The van der Waals surface area contributed by atoms with Gasteiger partial charge in [0.1, 0.15) is 5.82 Å². The Morgan fingerprint density at radius 1 is 1.16 bits per heavy atom. The predicted octanol–water partition coefficient (Wildman–Crippen LogP) is 4.47. The Balaban J connectivity index is 1.42. The lowest BCUT2D eigenvalue weighted by atomic mass is 10.0. The molecule has 37 heavy (non-hydrogen) atoms. The maximum Gasteiger partial charge on any atom is 0.345 e. The number of hydroxylamine groups is 1. The molecule has 3 aromatic rings. The predicted molar refractivity (Wildman–Crippen MR) is 138 cm³/mol. The zero-order chi connectivity index (χ0) is 26.2. The van der Waals surface area contributed by atoms with Gasteiger partial charge in [-0.1, -0.05) is 54.1 Å². The molecule has 0 radical (unpaired) electrons. The van der Waals surface area contributed by atoms with Crippen LogP contribution in [-0.4, -0.2) is 39.5 Å². The summed E-state index contributed by atoms with van der Waals surface area (Å²) in [6.07, 6.45) is 5.56. The summed E-state index contributed by atoms with van der Waals surface area (Å²) in [5.74, 6) is -0.834. The molecular weight excluding hydrogens is 497 g/mol. The third-order valence-corrected chi connectivity index (χ3v) is 6.30. The number of aromatic nitrogens is 1. The van der Waals surface area contributed by atoms with E-state index >= 15 is 0 Å². The molecule has 0 unspecified atom stereocenters. The molecule has 0 bridgehead atoms. The molecule has 0 aliphatic carbocycles. The fourth-order valence-electron chi connectivity index (χ4n) is 3.98. The van der Waals surface area contributed by atoms with Crippen molar-refractivity contribution in [3.05, 3.63) is 106 Å². The molecule has 4 rings (SSSR count). The Morgan fingerprint density at radius 2 is 1.97 bits per heavy atom. The average molecular weight is 524 g/mol. The molecule has 3 amide bonds. The Kier molecular flexibility index (Phi) is 8.84. The maximum absolute atomic E-state index is 13.9. The molecule has 8 nitrogen and oxygen atoms in total. The molecule has 10 heteroatoms. The number of hydrogen-bond donors (Lipinski definition) is 2. The number of amides is 3. The number of carbonyl (C=O) groups excluding carboxylic acids is 2. The van der Waals surface area contributed by atoms with Crippen molar-refractivity contribution in [2.24, 2.45) is 0 Å². The number of rotatable bonds is 9. The number of nitrogens with zero attached hydrogens (tertiary/aromatic N) is 3. The molecule has 2 N–H and O–H groups in total. The first-order chi connectivity index (χ1) is 17.9. The van der Waals surface area contributed by atoms with E-state index in [0.717, 1.165) is 16.8 Å². The number of urea groups is 1. The minimum Gasteiger partial charge on any atom is -0.295 e. The second-order valence-corrected chi connectivity index (χ2v) is 8.85.